The molecule has 0 aliphatic rings. The van der Waals surface area contributed by atoms with E-state index in [9.17, 15) is 0 Å². The molecule has 1 atom stereocenters. The Morgan fingerprint density at radius 1 is 1.62 bits per heavy atom. The van der Waals surface area contributed by atoms with Crippen LogP contribution in [0.1, 0.15) is 34.4 Å². The summed E-state index contributed by atoms with van der Waals surface area (Å²) in [6.45, 7) is 4.01. The van der Waals surface area contributed by atoms with Crippen molar-refractivity contribution in [2.45, 2.75) is 26.3 Å². The van der Waals surface area contributed by atoms with Gasteiger partial charge in [0.1, 0.15) is 6.04 Å². The normalized spacial score (nSPS) is 13.0. The van der Waals surface area contributed by atoms with E-state index in [0.717, 1.165) is 15.8 Å². The molecule has 2 rings (SSSR count). The zero-order chi connectivity index (χ0) is 11.7. The van der Waals surface area contributed by atoms with Gasteiger partial charge in [-0.3, -0.25) is 0 Å². The van der Waals surface area contributed by atoms with Crippen LogP contribution in [0.25, 0.3) is 0 Å². The third-order valence-electron chi connectivity index (χ3n) is 2.25. The maximum absolute atomic E-state index is 6.07. The van der Waals surface area contributed by atoms with Crippen molar-refractivity contribution < 1.29 is 4.52 Å². The Labute approximate surface area is 106 Å². The summed E-state index contributed by atoms with van der Waals surface area (Å²) in [5.74, 6) is 1.17. The Morgan fingerprint density at radius 2 is 2.38 bits per heavy atom. The summed E-state index contributed by atoms with van der Waals surface area (Å²) in [7, 11) is 0. The van der Waals surface area contributed by atoms with E-state index >= 15 is 0 Å². The topological polar surface area (TPSA) is 64.9 Å². The summed E-state index contributed by atoms with van der Waals surface area (Å²) in [6.07, 6.45) is 0.729. The summed E-state index contributed by atoms with van der Waals surface area (Å²) in [5.41, 5.74) is 6.07. The molecule has 2 aromatic rings. The molecule has 2 heterocycles. The fraction of sp³-hybridized carbons (Fsp3) is 0.400. The minimum absolute atomic E-state index is 0.306. The van der Waals surface area contributed by atoms with Crippen molar-refractivity contribution in [3.63, 3.8) is 0 Å². The van der Waals surface area contributed by atoms with Gasteiger partial charge in [0.05, 0.1) is 0 Å². The van der Waals surface area contributed by atoms with Gasteiger partial charge in [-0.05, 0) is 28.9 Å². The monoisotopic (exact) mass is 301 g/mol. The Balaban J connectivity index is 2.27. The largest absolute Gasteiger partial charge is 0.339 e. The van der Waals surface area contributed by atoms with Crippen LogP contribution < -0.4 is 5.73 Å². The minimum Gasteiger partial charge on any atom is -0.339 e. The Kier molecular flexibility index (Phi) is 3.41. The van der Waals surface area contributed by atoms with Crippen LogP contribution in [0.2, 0.25) is 0 Å². The molecule has 16 heavy (non-hydrogen) atoms. The van der Waals surface area contributed by atoms with E-state index in [4.69, 9.17) is 10.3 Å². The second-order valence-electron chi connectivity index (χ2n) is 3.43. The molecule has 0 amide bonds. The Hall–Kier alpha value is -0.720. The maximum Gasteiger partial charge on any atom is 0.226 e. The van der Waals surface area contributed by atoms with Crippen LogP contribution in [0.15, 0.2) is 15.1 Å². The summed E-state index contributed by atoms with van der Waals surface area (Å²) >= 11 is 5.11. The lowest BCUT2D eigenvalue weighted by Crippen LogP contribution is -2.12. The van der Waals surface area contributed by atoms with Crippen LogP contribution in [0, 0.1) is 6.92 Å². The number of hydrogen-bond acceptors (Lipinski definition) is 5. The van der Waals surface area contributed by atoms with E-state index in [-0.39, 0.29) is 6.04 Å². The van der Waals surface area contributed by atoms with E-state index in [2.05, 4.69) is 26.1 Å². The van der Waals surface area contributed by atoms with Gasteiger partial charge in [0.15, 0.2) is 5.82 Å². The second kappa shape index (κ2) is 4.65. The van der Waals surface area contributed by atoms with Gasteiger partial charge in [0.25, 0.3) is 0 Å². The van der Waals surface area contributed by atoms with Crippen molar-refractivity contribution in [1.29, 1.82) is 0 Å². The number of nitrogens with zero attached hydrogens (tertiary/aromatic N) is 2. The summed E-state index contributed by atoms with van der Waals surface area (Å²) in [6, 6.07) is 1.70. The highest BCUT2D eigenvalue weighted by molar-refractivity contribution is 9.10. The molecule has 0 radical (unpaired) electrons. The van der Waals surface area contributed by atoms with Gasteiger partial charge < -0.3 is 10.3 Å². The van der Waals surface area contributed by atoms with E-state index in [1.54, 1.807) is 11.3 Å². The van der Waals surface area contributed by atoms with E-state index in [1.807, 2.05) is 19.9 Å². The lowest BCUT2D eigenvalue weighted by Gasteiger charge is -2.02. The van der Waals surface area contributed by atoms with Crippen LogP contribution in [0.5, 0.6) is 0 Å². The molecule has 4 nitrogen and oxygen atoms in total. The molecule has 0 aromatic carbocycles. The van der Waals surface area contributed by atoms with Crippen LogP contribution >= 0.6 is 27.3 Å². The highest BCUT2D eigenvalue weighted by atomic mass is 79.9. The zero-order valence-electron chi connectivity index (χ0n) is 9.03. The van der Waals surface area contributed by atoms with Crippen molar-refractivity contribution in [3.8, 4) is 0 Å². The molecule has 0 spiro atoms. The standard InChI is InChI=1S/C10H12BrN3OS/c1-3-8-13-10(14-15-8)9(12)7-4-6(11)5(2)16-7/h4,9H,3,12H2,1-2H3. The lowest BCUT2D eigenvalue weighted by atomic mass is 10.2. The van der Waals surface area contributed by atoms with Gasteiger partial charge in [-0.2, -0.15) is 4.98 Å². The van der Waals surface area contributed by atoms with E-state index in [0.29, 0.717) is 11.7 Å². The molecular weight excluding hydrogens is 290 g/mol. The van der Waals surface area contributed by atoms with Gasteiger partial charge in [-0.1, -0.05) is 12.1 Å². The molecule has 0 saturated carbocycles. The van der Waals surface area contributed by atoms with Crippen LogP contribution in [0.4, 0.5) is 0 Å². The van der Waals surface area contributed by atoms with Gasteiger partial charge in [-0.15, -0.1) is 11.3 Å². The van der Waals surface area contributed by atoms with Gasteiger partial charge in [-0.25, -0.2) is 0 Å². The molecule has 1 unspecified atom stereocenters. The first-order chi connectivity index (χ1) is 7.61. The highest BCUT2D eigenvalue weighted by Gasteiger charge is 2.18. The van der Waals surface area contributed by atoms with E-state index < -0.39 is 0 Å². The fourth-order valence-corrected chi connectivity index (χ4v) is 2.86. The van der Waals surface area contributed by atoms with Crippen molar-refractivity contribution in [2.24, 2.45) is 5.73 Å². The van der Waals surface area contributed by atoms with Crippen LogP contribution in [-0.4, -0.2) is 10.1 Å². The molecular formula is C10H12BrN3OS. The molecule has 0 aliphatic carbocycles. The van der Waals surface area contributed by atoms with Gasteiger partial charge >= 0.3 is 0 Å². The number of hydrogen-bond donors (Lipinski definition) is 1. The van der Waals surface area contributed by atoms with Crippen molar-refractivity contribution in [2.75, 3.05) is 0 Å². The number of rotatable bonds is 3. The minimum atomic E-state index is -0.306. The average molecular weight is 302 g/mol. The highest BCUT2D eigenvalue weighted by Crippen LogP contribution is 2.31. The van der Waals surface area contributed by atoms with Gasteiger partial charge in [0.2, 0.25) is 5.89 Å². The number of thiophene rings is 1. The number of aryl methyl sites for hydroxylation is 2. The second-order valence-corrected chi connectivity index (χ2v) is 5.57. The quantitative estimate of drug-likeness (QED) is 0.947. The van der Waals surface area contributed by atoms with Crippen molar-refractivity contribution in [1.82, 2.24) is 10.1 Å². The molecule has 0 bridgehead atoms. The molecule has 0 fully saturated rings. The Morgan fingerprint density at radius 3 is 2.88 bits per heavy atom. The predicted molar refractivity (Wildman–Crippen MR) is 66.5 cm³/mol. The van der Waals surface area contributed by atoms with Crippen LogP contribution in [0.3, 0.4) is 0 Å². The third kappa shape index (κ3) is 2.18. The van der Waals surface area contributed by atoms with Gasteiger partial charge in [0, 0.05) is 20.6 Å². The van der Waals surface area contributed by atoms with E-state index in [1.165, 1.54) is 4.88 Å². The molecule has 6 heteroatoms. The summed E-state index contributed by atoms with van der Waals surface area (Å²) in [4.78, 5) is 6.47. The lowest BCUT2D eigenvalue weighted by molar-refractivity contribution is 0.375. The molecule has 0 saturated heterocycles. The zero-order valence-corrected chi connectivity index (χ0v) is 11.4. The third-order valence-corrected chi connectivity index (χ3v) is 4.47. The molecule has 86 valence electrons. The number of nitrogens with two attached hydrogens (primary N) is 1. The van der Waals surface area contributed by atoms with Crippen molar-refractivity contribution in [3.05, 3.63) is 32.0 Å². The number of aromatic nitrogens is 2. The predicted octanol–water partition coefficient (Wildman–Crippen LogP) is 2.81. The first kappa shape index (κ1) is 11.8. The van der Waals surface area contributed by atoms with Crippen molar-refractivity contribution >= 4 is 27.3 Å². The summed E-state index contributed by atoms with van der Waals surface area (Å²) < 4.78 is 6.12. The van der Waals surface area contributed by atoms with Crippen LogP contribution in [-0.2, 0) is 6.42 Å². The Bertz CT molecular complexity index is 474. The molecule has 2 aromatic heterocycles. The first-order valence-electron chi connectivity index (χ1n) is 4.95. The first-order valence-corrected chi connectivity index (χ1v) is 6.56. The number of halogens is 1. The summed E-state index contributed by atoms with van der Waals surface area (Å²) in [5, 5.41) is 3.88. The molecule has 0 aliphatic heterocycles. The maximum atomic E-state index is 6.07. The SMILES string of the molecule is CCc1nc(C(N)c2cc(Br)c(C)s2)no1. The molecule has 2 N–H and O–H groups in total. The average Bonchev–Trinajstić information content (AvgIpc) is 2.86. The smallest absolute Gasteiger partial charge is 0.226 e. The fourth-order valence-electron chi connectivity index (χ4n) is 1.30.